The van der Waals surface area contributed by atoms with Crippen molar-refractivity contribution < 1.29 is 33.1 Å². The molecule has 0 bridgehead atoms. The lowest BCUT2D eigenvalue weighted by molar-refractivity contribution is -0.188. The maximum Gasteiger partial charge on any atom is 0.266 e. The molecule has 0 aromatic rings. The molecule has 0 heterocycles. The highest BCUT2D eigenvalue weighted by Crippen LogP contribution is 2.66. The highest BCUT2D eigenvalue weighted by molar-refractivity contribution is 7.85. The van der Waals surface area contributed by atoms with Gasteiger partial charge in [0.15, 0.2) is 0 Å². The zero-order valence-electron chi connectivity index (χ0n) is 21.3. The van der Waals surface area contributed by atoms with Gasteiger partial charge in [-0.2, -0.15) is 8.42 Å². The third-order valence-corrected chi connectivity index (χ3v) is 11.4. The zero-order chi connectivity index (χ0) is 25.7. The average Bonchev–Trinajstić information content (AvgIpc) is 3.09. The van der Waals surface area contributed by atoms with Crippen LogP contribution in [0.15, 0.2) is 0 Å². The Morgan fingerprint density at radius 2 is 1.80 bits per heavy atom. The van der Waals surface area contributed by atoms with Crippen LogP contribution in [-0.2, 0) is 14.9 Å². The normalized spacial score (nSPS) is 46.3. The minimum Gasteiger partial charge on any atom is -0.393 e. The molecule has 4 fully saturated rings. The van der Waals surface area contributed by atoms with Crippen LogP contribution < -0.4 is 5.32 Å². The van der Waals surface area contributed by atoms with Crippen LogP contribution in [0.25, 0.3) is 0 Å². The number of amides is 1. The Hall–Kier alpha value is -0.740. The number of hydrogen-bond acceptors (Lipinski definition) is 6. The number of aliphatic hydroxyl groups excluding tert-OH is 3. The summed E-state index contributed by atoms with van der Waals surface area (Å²) in [6, 6.07) is 0. The number of fused-ring (bicyclic) bond motifs is 5. The summed E-state index contributed by atoms with van der Waals surface area (Å²) in [5, 5.41) is 35.8. The first-order chi connectivity index (χ1) is 16.3. The Balaban J connectivity index is 1.42. The van der Waals surface area contributed by atoms with Crippen molar-refractivity contribution in [1.29, 1.82) is 0 Å². The molecule has 12 atom stereocenters. The number of rotatable bonds is 7. The predicted molar refractivity (Wildman–Crippen MR) is 132 cm³/mol. The molecule has 8 nitrogen and oxygen atoms in total. The van der Waals surface area contributed by atoms with Gasteiger partial charge in [-0.3, -0.25) is 9.35 Å². The lowest BCUT2D eigenvalue weighted by atomic mass is 9.46. The average molecular weight is 516 g/mol. The van der Waals surface area contributed by atoms with Gasteiger partial charge in [0.25, 0.3) is 10.1 Å². The Morgan fingerprint density at radius 1 is 1.09 bits per heavy atom. The fourth-order valence-corrected chi connectivity index (χ4v) is 9.66. The molecule has 1 amide bonds. The van der Waals surface area contributed by atoms with E-state index in [-0.39, 0.29) is 54.1 Å². The van der Waals surface area contributed by atoms with Crippen LogP contribution in [0.1, 0.15) is 72.1 Å². The van der Waals surface area contributed by atoms with Crippen LogP contribution in [0, 0.1) is 52.8 Å². The van der Waals surface area contributed by atoms with E-state index in [9.17, 15) is 28.5 Å². The maximum atomic E-state index is 12.2. The Bertz CT molecular complexity index is 881. The van der Waals surface area contributed by atoms with Gasteiger partial charge in [0, 0.05) is 13.0 Å². The summed E-state index contributed by atoms with van der Waals surface area (Å²) >= 11 is 0. The Labute approximate surface area is 210 Å². The standard InChI is InChI=1S/C26H45NO7S/c1-14(4-7-23(31)27-8-9-35(32,33)34)19-5-6-20-25-18(13-22(30)26(19,20)3)24-15(2)10-17(28)11-16(24)12-21(25)29/h14-22,24-25,28-30H,4-13H2,1-3H3,(H,27,31)(H,32,33,34)/t14?,15-,16?,17-,18-,19-,20+,21-,22+,24?,25?,26-/m1/s1. The van der Waals surface area contributed by atoms with Crippen LogP contribution in [0.2, 0.25) is 0 Å². The molecule has 202 valence electrons. The van der Waals surface area contributed by atoms with Crippen molar-refractivity contribution in [2.75, 3.05) is 12.3 Å². The number of carbonyl (C=O) groups excluding carboxylic acids is 1. The molecule has 0 aromatic carbocycles. The van der Waals surface area contributed by atoms with Gasteiger partial charge in [0.05, 0.1) is 24.1 Å². The van der Waals surface area contributed by atoms with E-state index in [0.29, 0.717) is 36.5 Å². The Morgan fingerprint density at radius 3 is 2.49 bits per heavy atom. The van der Waals surface area contributed by atoms with E-state index in [1.165, 1.54) is 0 Å². The summed E-state index contributed by atoms with van der Waals surface area (Å²) in [6.45, 7) is 6.47. The van der Waals surface area contributed by atoms with Gasteiger partial charge < -0.3 is 20.6 Å². The molecule has 4 aliphatic rings. The van der Waals surface area contributed by atoms with E-state index in [0.717, 1.165) is 32.1 Å². The summed E-state index contributed by atoms with van der Waals surface area (Å²) in [5.74, 6) is 1.65. The smallest absolute Gasteiger partial charge is 0.266 e. The molecule has 0 aliphatic heterocycles. The fourth-order valence-electron chi connectivity index (χ4n) is 9.30. The maximum absolute atomic E-state index is 12.2. The topological polar surface area (TPSA) is 144 Å². The molecule has 5 N–H and O–H groups in total. The molecule has 4 aliphatic carbocycles. The van der Waals surface area contributed by atoms with Gasteiger partial charge >= 0.3 is 0 Å². The highest BCUT2D eigenvalue weighted by Gasteiger charge is 2.63. The molecule has 0 aromatic heterocycles. The molecule has 0 spiro atoms. The summed E-state index contributed by atoms with van der Waals surface area (Å²) in [5.41, 5.74) is -0.298. The molecule has 9 heteroatoms. The summed E-state index contributed by atoms with van der Waals surface area (Å²) in [4.78, 5) is 12.2. The quantitative estimate of drug-likeness (QED) is 0.327. The van der Waals surface area contributed by atoms with E-state index in [1.54, 1.807) is 0 Å². The number of carbonyl (C=O) groups is 1. The molecule has 4 unspecified atom stereocenters. The number of hydrogen-bond donors (Lipinski definition) is 5. The number of nitrogens with one attached hydrogen (secondary N) is 1. The molecule has 0 saturated heterocycles. The minimum absolute atomic E-state index is 0.105. The van der Waals surface area contributed by atoms with Crippen LogP contribution >= 0.6 is 0 Å². The van der Waals surface area contributed by atoms with Crippen LogP contribution in [-0.4, -0.2) is 64.8 Å². The first kappa shape index (κ1) is 27.3. The van der Waals surface area contributed by atoms with E-state index in [1.807, 2.05) is 0 Å². The van der Waals surface area contributed by atoms with Crippen molar-refractivity contribution in [3.05, 3.63) is 0 Å². The van der Waals surface area contributed by atoms with Crippen molar-refractivity contribution in [2.45, 2.75) is 90.4 Å². The molecule has 4 rings (SSSR count). The summed E-state index contributed by atoms with van der Waals surface area (Å²) < 4.78 is 30.5. The zero-order valence-corrected chi connectivity index (χ0v) is 22.2. The summed E-state index contributed by atoms with van der Waals surface area (Å²) in [7, 11) is -4.10. The lowest BCUT2D eigenvalue weighted by Gasteiger charge is -2.60. The van der Waals surface area contributed by atoms with Crippen LogP contribution in [0.5, 0.6) is 0 Å². The van der Waals surface area contributed by atoms with Gasteiger partial charge in [-0.05, 0) is 97.7 Å². The first-order valence-corrected chi connectivity index (χ1v) is 15.2. The second-order valence-corrected chi connectivity index (χ2v) is 14.1. The van der Waals surface area contributed by atoms with Crippen LogP contribution in [0.4, 0.5) is 0 Å². The number of aliphatic hydroxyl groups is 3. The molecule has 35 heavy (non-hydrogen) atoms. The molecule has 0 radical (unpaired) electrons. The van der Waals surface area contributed by atoms with Crippen molar-refractivity contribution in [3.8, 4) is 0 Å². The van der Waals surface area contributed by atoms with Gasteiger partial charge in [0.2, 0.25) is 5.91 Å². The van der Waals surface area contributed by atoms with Gasteiger partial charge in [-0.15, -0.1) is 0 Å². The predicted octanol–water partition coefficient (Wildman–Crippen LogP) is 2.22. The van der Waals surface area contributed by atoms with Crippen molar-refractivity contribution in [2.24, 2.45) is 52.8 Å². The monoisotopic (exact) mass is 515 g/mol. The van der Waals surface area contributed by atoms with Crippen molar-refractivity contribution >= 4 is 16.0 Å². The van der Waals surface area contributed by atoms with Gasteiger partial charge in [0.1, 0.15) is 0 Å². The first-order valence-electron chi connectivity index (χ1n) is 13.6. The molecular weight excluding hydrogens is 470 g/mol. The highest BCUT2D eigenvalue weighted by atomic mass is 32.2. The van der Waals surface area contributed by atoms with Gasteiger partial charge in [-0.25, -0.2) is 0 Å². The summed E-state index contributed by atoms with van der Waals surface area (Å²) in [6.07, 6.45) is 4.79. The van der Waals surface area contributed by atoms with Crippen LogP contribution in [0.3, 0.4) is 0 Å². The van der Waals surface area contributed by atoms with Gasteiger partial charge in [-0.1, -0.05) is 20.8 Å². The van der Waals surface area contributed by atoms with E-state index >= 15 is 0 Å². The largest absolute Gasteiger partial charge is 0.393 e. The molecular formula is C26H45NO7S. The van der Waals surface area contributed by atoms with Crippen molar-refractivity contribution in [3.63, 3.8) is 0 Å². The lowest BCUT2D eigenvalue weighted by Crippen LogP contribution is -2.60. The molecule has 4 saturated carbocycles. The second-order valence-electron chi connectivity index (χ2n) is 12.5. The SMILES string of the molecule is CC(CCC(=O)NCCS(=O)(=O)O)[C@H]1CC[C@H]2C3[C@H](C[C@H](O)[C@]12C)C1C(C[C@H](O)C[C@H]1C)C[C@H]3O. The van der Waals surface area contributed by atoms with E-state index in [2.05, 4.69) is 26.1 Å². The Kier molecular flexibility index (Phi) is 7.95. The minimum atomic E-state index is -4.10. The third kappa shape index (κ3) is 5.31. The second kappa shape index (κ2) is 10.2. The third-order valence-electron chi connectivity index (χ3n) is 10.7. The van der Waals surface area contributed by atoms with Crippen molar-refractivity contribution in [1.82, 2.24) is 5.32 Å². The fraction of sp³-hybridized carbons (Fsp3) is 0.962. The van der Waals surface area contributed by atoms with E-state index in [4.69, 9.17) is 4.55 Å². The van der Waals surface area contributed by atoms with E-state index < -0.39 is 28.1 Å².